The van der Waals surface area contributed by atoms with E-state index >= 15 is 0 Å². The van der Waals surface area contributed by atoms with Crippen LogP contribution < -0.4 is 10.6 Å². The summed E-state index contributed by atoms with van der Waals surface area (Å²) >= 11 is 6.25. The minimum Gasteiger partial charge on any atom is -0.354 e. The van der Waals surface area contributed by atoms with Gasteiger partial charge in [0.15, 0.2) is 5.78 Å². The number of benzene rings is 3. The molecule has 4 rings (SSSR count). The average molecular weight is 476 g/mol. The Bertz CT molecular complexity index is 1330. The first-order valence-corrected chi connectivity index (χ1v) is 11.7. The molecule has 0 spiro atoms. The molecule has 174 valence electrons. The second-order valence-corrected chi connectivity index (χ2v) is 8.78. The van der Waals surface area contributed by atoms with E-state index in [-0.39, 0.29) is 11.6 Å². The van der Waals surface area contributed by atoms with E-state index in [2.05, 4.69) is 15.6 Å². The zero-order valence-corrected chi connectivity index (χ0v) is 20.3. The summed E-state index contributed by atoms with van der Waals surface area (Å²) in [6.45, 7) is 4.41. The lowest BCUT2D eigenvalue weighted by atomic mass is 9.98. The van der Waals surface area contributed by atoms with Crippen LogP contribution in [0.1, 0.15) is 41.3 Å². The van der Waals surface area contributed by atoms with Crippen LogP contribution in [0.5, 0.6) is 0 Å². The molecule has 0 unspecified atom stereocenters. The number of carbonyl (C=O) groups is 1. The molecule has 0 saturated heterocycles. The molecular weight excluding hydrogens is 449 g/mol. The van der Waals surface area contributed by atoms with Gasteiger partial charge in [0.1, 0.15) is 5.82 Å². The maximum Gasteiger partial charge on any atom is 0.166 e. The first-order chi connectivity index (χ1) is 16.4. The van der Waals surface area contributed by atoms with Crippen molar-refractivity contribution in [3.8, 4) is 11.1 Å². The third-order valence-corrected chi connectivity index (χ3v) is 6.26. The maximum atomic E-state index is 14.4. The van der Waals surface area contributed by atoms with Crippen LogP contribution in [0, 0.1) is 12.7 Å². The van der Waals surface area contributed by atoms with Gasteiger partial charge in [-0.05, 0) is 73.5 Å². The third-order valence-electron chi connectivity index (χ3n) is 5.86. The summed E-state index contributed by atoms with van der Waals surface area (Å²) in [7, 11) is 1.91. The van der Waals surface area contributed by atoms with Gasteiger partial charge in [0.2, 0.25) is 0 Å². The van der Waals surface area contributed by atoms with Crippen LogP contribution in [0.2, 0.25) is 5.02 Å². The number of nitrogens with zero attached hydrogens (tertiary/aromatic N) is 1. The molecule has 1 aromatic heterocycles. The lowest BCUT2D eigenvalue weighted by Crippen LogP contribution is -2.06. The van der Waals surface area contributed by atoms with E-state index in [1.807, 2.05) is 56.4 Å². The monoisotopic (exact) mass is 475 g/mol. The van der Waals surface area contributed by atoms with E-state index in [0.717, 1.165) is 40.7 Å². The zero-order valence-electron chi connectivity index (χ0n) is 19.5. The number of ketones is 1. The lowest BCUT2D eigenvalue weighted by molar-refractivity contribution is 0.0982. The van der Waals surface area contributed by atoms with Gasteiger partial charge in [-0.3, -0.25) is 9.78 Å². The highest BCUT2D eigenvalue weighted by Crippen LogP contribution is 2.35. The molecule has 34 heavy (non-hydrogen) atoms. The van der Waals surface area contributed by atoms with Gasteiger partial charge >= 0.3 is 0 Å². The number of halogens is 2. The van der Waals surface area contributed by atoms with Crippen LogP contribution in [0.25, 0.3) is 22.0 Å². The van der Waals surface area contributed by atoms with Gasteiger partial charge in [-0.1, -0.05) is 36.7 Å². The Morgan fingerprint density at radius 2 is 1.82 bits per heavy atom. The van der Waals surface area contributed by atoms with Crippen molar-refractivity contribution in [2.75, 3.05) is 12.4 Å². The maximum absolute atomic E-state index is 14.4. The molecule has 0 aliphatic rings. The largest absolute Gasteiger partial charge is 0.354 e. The van der Waals surface area contributed by atoms with Gasteiger partial charge in [0.25, 0.3) is 0 Å². The van der Waals surface area contributed by atoms with Gasteiger partial charge in [-0.2, -0.15) is 0 Å². The third kappa shape index (κ3) is 4.96. The molecule has 4 nitrogen and oxygen atoms in total. The lowest BCUT2D eigenvalue weighted by Gasteiger charge is -2.16. The first kappa shape index (κ1) is 23.9. The molecular formula is C28H27ClFN3O. The van der Waals surface area contributed by atoms with Gasteiger partial charge in [0.05, 0.1) is 16.8 Å². The summed E-state index contributed by atoms with van der Waals surface area (Å²) in [6, 6.07) is 17.0. The van der Waals surface area contributed by atoms with Gasteiger partial charge < -0.3 is 10.6 Å². The summed E-state index contributed by atoms with van der Waals surface area (Å²) < 4.78 is 14.4. The molecule has 4 aromatic rings. The Morgan fingerprint density at radius 1 is 1.06 bits per heavy atom. The minimum atomic E-state index is -0.354. The average Bonchev–Trinajstić information content (AvgIpc) is 2.83. The molecule has 0 atom stereocenters. The van der Waals surface area contributed by atoms with Crippen molar-refractivity contribution in [2.45, 2.75) is 33.2 Å². The van der Waals surface area contributed by atoms with E-state index in [4.69, 9.17) is 11.6 Å². The number of carbonyl (C=O) groups excluding carboxylic acids is 1. The fourth-order valence-electron chi connectivity index (χ4n) is 3.95. The fourth-order valence-corrected chi connectivity index (χ4v) is 4.15. The number of fused-ring (bicyclic) bond motifs is 1. The Morgan fingerprint density at radius 3 is 2.50 bits per heavy atom. The number of pyridine rings is 1. The topological polar surface area (TPSA) is 54.0 Å². The van der Waals surface area contributed by atoms with Crippen LogP contribution in [0.3, 0.4) is 0 Å². The highest BCUT2D eigenvalue weighted by molar-refractivity contribution is 6.31. The Kier molecular flexibility index (Phi) is 7.25. The Balaban J connectivity index is 1.86. The Labute approximate surface area is 204 Å². The van der Waals surface area contributed by atoms with Crippen molar-refractivity contribution in [1.29, 1.82) is 0 Å². The molecule has 0 fully saturated rings. The summed E-state index contributed by atoms with van der Waals surface area (Å²) in [5, 5.41) is 7.76. The predicted molar refractivity (Wildman–Crippen MR) is 139 cm³/mol. The number of nitrogens with one attached hydrogen (secondary N) is 2. The van der Waals surface area contributed by atoms with Gasteiger partial charge in [-0.15, -0.1) is 0 Å². The van der Waals surface area contributed by atoms with E-state index in [9.17, 15) is 9.18 Å². The molecule has 0 amide bonds. The minimum absolute atomic E-state index is 0.0287. The SMILES string of the molecule is CCCC(=O)c1cnc2ccc(-c3cc(F)c(C)c(Cl)c3)cc2c1Nc1ccc(CNC)cc1. The number of hydrogen-bond acceptors (Lipinski definition) is 4. The molecule has 0 aliphatic heterocycles. The van der Waals surface area contributed by atoms with Crippen LogP contribution in [0.15, 0.2) is 60.8 Å². The number of hydrogen-bond donors (Lipinski definition) is 2. The van der Waals surface area contributed by atoms with E-state index in [0.29, 0.717) is 33.8 Å². The highest BCUT2D eigenvalue weighted by Gasteiger charge is 2.17. The normalized spacial score (nSPS) is 11.1. The number of rotatable bonds is 8. The van der Waals surface area contributed by atoms with Gasteiger partial charge in [-0.25, -0.2) is 4.39 Å². The van der Waals surface area contributed by atoms with Crippen molar-refractivity contribution in [3.63, 3.8) is 0 Å². The van der Waals surface area contributed by atoms with Crippen LogP contribution in [-0.2, 0) is 6.54 Å². The molecule has 0 aliphatic carbocycles. The van der Waals surface area contributed by atoms with E-state index in [1.54, 1.807) is 19.2 Å². The van der Waals surface area contributed by atoms with E-state index in [1.165, 1.54) is 6.07 Å². The number of aromatic nitrogens is 1. The quantitative estimate of drug-likeness (QED) is 0.260. The molecule has 1 heterocycles. The van der Waals surface area contributed by atoms with Crippen molar-refractivity contribution in [2.24, 2.45) is 0 Å². The zero-order chi connectivity index (χ0) is 24.2. The van der Waals surface area contributed by atoms with Crippen molar-refractivity contribution in [1.82, 2.24) is 10.3 Å². The molecule has 0 bridgehead atoms. The number of anilines is 2. The standard InChI is InChI=1S/C28H27ClFN3O/c1-4-5-27(34)23-16-32-26-11-8-19(20-13-24(29)17(2)25(30)14-20)12-22(26)28(23)33-21-9-6-18(7-10-21)15-31-3/h6-14,16,31H,4-5,15H2,1-3H3,(H,32,33). The molecule has 3 aromatic carbocycles. The van der Waals surface area contributed by atoms with Crippen LogP contribution in [0.4, 0.5) is 15.8 Å². The van der Waals surface area contributed by atoms with Crippen molar-refractivity contribution in [3.05, 3.63) is 88.3 Å². The smallest absolute Gasteiger partial charge is 0.166 e. The van der Waals surface area contributed by atoms with Crippen molar-refractivity contribution < 1.29 is 9.18 Å². The second-order valence-electron chi connectivity index (χ2n) is 8.37. The highest BCUT2D eigenvalue weighted by atomic mass is 35.5. The molecule has 2 N–H and O–H groups in total. The Hall–Kier alpha value is -3.28. The number of Topliss-reactive ketones (excluding diaryl/α,β-unsaturated/α-hetero) is 1. The fraction of sp³-hybridized carbons (Fsp3) is 0.214. The van der Waals surface area contributed by atoms with Crippen molar-refractivity contribution >= 4 is 39.7 Å². The van der Waals surface area contributed by atoms with Crippen LogP contribution in [-0.4, -0.2) is 17.8 Å². The second kappa shape index (κ2) is 10.3. The summed E-state index contributed by atoms with van der Waals surface area (Å²) in [4.78, 5) is 17.5. The first-order valence-electron chi connectivity index (χ1n) is 11.3. The van der Waals surface area contributed by atoms with Crippen LogP contribution >= 0.6 is 11.6 Å². The molecule has 0 saturated carbocycles. The summed E-state index contributed by atoms with van der Waals surface area (Å²) in [5.74, 6) is -0.325. The summed E-state index contributed by atoms with van der Waals surface area (Å²) in [6.07, 6.45) is 2.82. The molecule has 6 heteroatoms. The predicted octanol–water partition coefficient (Wildman–Crippen LogP) is 7.45. The van der Waals surface area contributed by atoms with Gasteiger partial charge in [0, 0.05) is 40.8 Å². The summed E-state index contributed by atoms with van der Waals surface area (Å²) in [5.41, 5.74) is 5.90. The molecule has 0 radical (unpaired) electrons. The van der Waals surface area contributed by atoms with E-state index < -0.39 is 0 Å².